The number of hydrogen-bond donors (Lipinski definition) is 1. The van der Waals surface area contributed by atoms with Crippen LogP contribution in [0.5, 0.6) is 11.5 Å². The summed E-state index contributed by atoms with van der Waals surface area (Å²) < 4.78 is 10.6. The van der Waals surface area contributed by atoms with Crippen LogP contribution in [-0.2, 0) is 4.79 Å². The van der Waals surface area contributed by atoms with Crippen molar-refractivity contribution in [1.29, 1.82) is 0 Å². The van der Waals surface area contributed by atoms with Crippen LogP contribution in [-0.4, -0.2) is 30.1 Å². The number of amides is 1. The van der Waals surface area contributed by atoms with Crippen LogP contribution in [0.25, 0.3) is 11.3 Å². The van der Waals surface area contributed by atoms with Gasteiger partial charge in [-0.2, -0.15) is 0 Å². The fraction of sp³-hybridized carbons (Fsp3) is 0.421. The number of carbonyl (C=O) groups is 1. The maximum atomic E-state index is 12.3. The topological polar surface area (TPSA) is 73.3 Å². The highest BCUT2D eigenvalue weighted by atomic mass is 16.5. The molecule has 6 heteroatoms. The lowest BCUT2D eigenvalue weighted by Gasteiger charge is -2.20. The summed E-state index contributed by atoms with van der Waals surface area (Å²) in [7, 11) is 3.22. The van der Waals surface area contributed by atoms with E-state index >= 15 is 0 Å². The van der Waals surface area contributed by atoms with Gasteiger partial charge < -0.3 is 14.8 Å². The molecule has 1 aliphatic carbocycles. The highest BCUT2D eigenvalue weighted by Crippen LogP contribution is 2.32. The van der Waals surface area contributed by atoms with Gasteiger partial charge in [0.1, 0.15) is 11.5 Å². The summed E-state index contributed by atoms with van der Waals surface area (Å²) in [6.07, 6.45) is 8.59. The van der Waals surface area contributed by atoms with Crippen molar-refractivity contribution in [2.45, 2.75) is 32.1 Å². The summed E-state index contributed by atoms with van der Waals surface area (Å²) in [5, 5.41) is 2.87. The standard InChI is InChI=1S/C19H23N3O3/c1-24-14-8-9-17(25-2)15(10-14)16-11-21-18(12-20-16)22-19(23)13-6-4-3-5-7-13/h8-13H,3-7H2,1-2H3,(H,21,22,23). The normalized spacial score (nSPS) is 14.8. The Morgan fingerprint density at radius 1 is 1.08 bits per heavy atom. The molecule has 1 saturated carbocycles. The second-order valence-electron chi connectivity index (χ2n) is 6.18. The zero-order valence-electron chi connectivity index (χ0n) is 14.6. The predicted octanol–water partition coefficient (Wildman–Crippen LogP) is 3.68. The van der Waals surface area contributed by atoms with Gasteiger partial charge in [-0.05, 0) is 31.0 Å². The zero-order chi connectivity index (χ0) is 17.6. The number of anilines is 1. The van der Waals surface area contributed by atoms with Crippen LogP contribution in [0.15, 0.2) is 30.6 Å². The minimum Gasteiger partial charge on any atom is -0.497 e. The lowest BCUT2D eigenvalue weighted by atomic mass is 9.89. The predicted molar refractivity (Wildman–Crippen MR) is 95.8 cm³/mol. The van der Waals surface area contributed by atoms with E-state index in [1.165, 1.54) is 6.42 Å². The van der Waals surface area contributed by atoms with E-state index in [1.807, 2.05) is 18.2 Å². The number of nitrogens with zero attached hydrogens (tertiary/aromatic N) is 2. The Morgan fingerprint density at radius 2 is 1.88 bits per heavy atom. The largest absolute Gasteiger partial charge is 0.497 e. The first-order chi connectivity index (χ1) is 12.2. The van der Waals surface area contributed by atoms with Crippen LogP contribution in [0.4, 0.5) is 5.82 Å². The molecule has 2 aromatic rings. The van der Waals surface area contributed by atoms with E-state index in [-0.39, 0.29) is 11.8 Å². The molecular formula is C19H23N3O3. The number of benzene rings is 1. The molecule has 0 aliphatic heterocycles. The first-order valence-electron chi connectivity index (χ1n) is 8.56. The fourth-order valence-corrected chi connectivity index (χ4v) is 3.14. The van der Waals surface area contributed by atoms with Crippen molar-refractivity contribution in [3.63, 3.8) is 0 Å². The number of methoxy groups -OCH3 is 2. The van der Waals surface area contributed by atoms with Crippen molar-refractivity contribution in [2.75, 3.05) is 19.5 Å². The SMILES string of the molecule is COc1ccc(OC)c(-c2cnc(NC(=O)C3CCCCC3)cn2)c1. The third-order valence-electron chi connectivity index (χ3n) is 4.56. The molecule has 0 saturated heterocycles. The molecule has 1 aromatic carbocycles. The van der Waals surface area contributed by atoms with Crippen LogP contribution in [0.2, 0.25) is 0 Å². The lowest BCUT2D eigenvalue weighted by molar-refractivity contribution is -0.120. The van der Waals surface area contributed by atoms with E-state index in [0.717, 1.165) is 31.2 Å². The molecule has 0 unspecified atom stereocenters. The van der Waals surface area contributed by atoms with Crippen molar-refractivity contribution in [1.82, 2.24) is 9.97 Å². The molecule has 6 nitrogen and oxygen atoms in total. The molecule has 1 heterocycles. The van der Waals surface area contributed by atoms with E-state index in [2.05, 4.69) is 15.3 Å². The molecule has 0 spiro atoms. The van der Waals surface area contributed by atoms with Gasteiger partial charge in [-0.25, -0.2) is 4.98 Å². The molecule has 1 N–H and O–H groups in total. The van der Waals surface area contributed by atoms with E-state index < -0.39 is 0 Å². The Morgan fingerprint density at radius 3 is 2.52 bits per heavy atom. The second kappa shape index (κ2) is 7.96. The third kappa shape index (κ3) is 4.07. The van der Waals surface area contributed by atoms with Gasteiger partial charge in [-0.3, -0.25) is 9.78 Å². The summed E-state index contributed by atoms with van der Waals surface area (Å²) in [6.45, 7) is 0. The fourth-order valence-electron chi connectivity index (χ4n) is 3.14. The Balaban J connectivity index is 1.75. The molecule has 0 bridgehead atoms. The van der Waals surface area contributed by atoms with Crippen molar-refractivity contribution in [3.05, 3.63) is 30.6 Å². The Labute approximate surface area is 147 Å². The van der Waals surface area contributed by atoms with E-state index in [4.69, 9.17) is 9.47 Å². The van der Waals surface area contributed by atoms with E-state index in [9.17, 15) is 4.79 Å². The van der Waals surface area contributed by atoms with Gasteiger partial charge in [0.15, 0.2) is 5.82 Å². The number of hydrogen-bond acceptors (Lipinski definition) is 5. The Bertz CT molecular complexity index is 725. The summed E-state index contributed by atoms with van der Waals surface area (Å²) in [5.41, 5.74) is 1.45. The molecule has 1 fully saturated rings. The van der Waals surface area contributed by atoms with Crippen molar-refractivity contribution >= 4 is 11.7 Å². The van der Waals surface area contributed by atoms with Crippen molar-refractivity contribution < 1.29 is 14.3 Å². The van der Waals surface area contributed by atoms with Gasteiger partial charge in [0.05, 0.1) is 32.3 Å². The molecular weight excluding hydrogens is 318 g/mol. The number of carbonyl (C=O) groups excluding carboxylic acids is 1. The molecule has 0 atom stereocenters. The Kier molecular flexibility index (Phi) is 5.48. The first-order valence-corrected chi connectivity index (χ1v) is 8.56. The van der Waals surface area contributed by atoms with Gasteiger partial charge in [0.2, 0.25) is 5.91 Å². The highest BCUT2D eigenvalue weighted by Gasteiger charge is 2.21. The smallest absolute Gasteiger partial charge is 0.228 e. The van der Waals surface area contributed by atoms with Crippen molar-refractivity contribution in [3.8, 4) is 22.8 Å². The third-order valence-corrected chi connectivity index (χ3v) is 4.56. The van der Waals surface area contributed by atoms with Crippen LogP contribution in [0.3, 0.4) is 0 Å². The molecule has 1 aliphatic rings. The van der Waals surface area contributed by atoms with Crippen LogP contribution < -0.4 is 14.8 Å². The van der Waals surface area contributed by atoms with Gasteiger partial charge in [0, 0.05) is 11.5 Å². The van der Waals surface area contributed by atoms with Crippen LogP contribution in [0.1, 0.15) is 32.1 Å². The molecule has 1 amide bonds. The average Bonchev–Trinajstić information content (AvgIpc) is 2.68. The number of aromatic nitrogens is 2. The lowest BCUT2D eigenvalue weighted by Crippen LogP contribution is -2.25. The van der Waals surface area contributed by atoms with Crippen LogP contribution in [0, 0.1) is 5.92 Å². The van der Waals surface area contributed by atoms with Gasteiger partial charge in [-0.15, -0.1) is 0 Å². The summed E-state index contributed by atoms with van der Waals surface area (Å²) in [6, 6.07) is 5.51. The molecule has 3 rings (SSSR count). The summed E-state index contributed by atoms with van der Waals surface area (Å²) >= 11 is 0. The summed E-state index contributed by atoms with van der Waals surface area (Å²) in [4.78, 5) is 21.0. The minimum absolute atomic E-state index is 0.0423. The maximum Gasteiger partial charge on any atom is 0.228 e. The maximum absolute atomic E-state index is 12.3. The van der Waals surface area contributed by atoms with E-state index in [1.54, 1.807) is 26.6 Å². The second-order valence-corrected chi connectivity index (χ2v) is 6.18. The van der Waals surface area contributed by atoms with E-state index in [0.29, 0.717) is 23.0 Å². The van der Waals surface area contributed by atoms with Gasteiger partial charge in [-0.1, -0.05) is 19.3 Å². The van der Waals surface area contributed by atoms with Crippen LogP contribution >= 0.6 is 0 Å². The molecule has 0 radical (unpaired) electrons. The van der Waals surface area contributed by atoms with Gasteiger partial charge in [0.25, 0.3) is 0 Å². The highest BCUT2D eigenvalue weighted by molar-refractivity contribution is 5.91. The summed E-state index contributed by atoms with van der Waals surface area (Å²) in [5.74, 6) is 2.01. The monoisotopic (exact) mass is 341 g/mol. The van der Waals surface area contributed by atoms with Crippen molar-refractivity contribution in [2.24, 2.45) is 5.92 Å². The number of rotatable bonds is 5. The number of nitrogens with one attached hydrogen (secondary N) is 1. The molecule has 25 heavy (non-hydrogen) atoms. The molecule has 1 aromatic heterocycles. The quantitative estimate of drug-likeness (QED) is 0.898. The average molecular weight is 341 g/mol. The number of ether oxygens (including phenoxy) is 2. The Hall–Kier alpha value is -2.63. The molecule has 132 valence electrons. The van der Waals surface area contributed by atoms with Gasteiger partial charge >= 0.3 is 0 Å². The minimum atomic E-state index is 0.0423. The zero-order valence-corrected chi connectivity index (χ0v) is 14.6. The first kappa shape index (κ1) is 17.2.